The van der Waals surface area contributed by atoms with Crippen LogP contribution < -0.4 is 0 Å². The molecule has 1 saturated heterocycles. The lowest BCUT2D eigenvalue weighted by Crippen LogP contribution is -2.31. The zero-order valence-electron chi connectivity index (χ0n) is 8.98. The molecule has 0 aromatic rings. The van der Waals surface area contributed by atoms with Gasteiger partial charge in [0.15, 0.2) is 0 Å². The minimum Gasteiger partial charge on any atom is -0.374 e. The van der Waals surface area contributed by atoms with Crippen LogP contribution in [0.25, 0.3) is 0 Å². The number of hydrogen-bond donors (Lipinski definition) is 0. The van der Waals surface area contributed by atoms with E-state index in [2.05, 4.69) is 36.7 Å². The summed E-state index contributed by atoms with van der Waals surface area (Å²) in [6.45, 7) is 6.86. The molecule has 2 heteroatoms. The summed E-state index contributed by atoms with van der Waals surface area (Å²) in [6, 6.07) is 0. The molecule has 78 valence electrons. The summed E-state index contributed by atoms with van der Waals surface area (Å²) in [4.78, 5) is 0. The van der Waals surface area contributed by atoms with E-state index in [1.165, 1.54) is 25.7 Å². The second-order valence-electron chi connectivity index (χ2n) is 5.23. The van der Waals surface area contributed by atoms with Crippen molar-refractivity contribution in [3.63, 3.8) is 0 Å². The van der Waals surface area contributed by atoms with E-state index in [1.807, 2.05) is 0 Å². The molecule has 0 saturated carbocycles. The Morgan fingerprint density at radius 3 is 2.38 bits per heavy atom. The van der Waals surface area contributed by atoms with Gasteiger partial charge in [0.05, 0.1) is 12.2 Å². The smallest absolute Gasteiger partial charge is 0.0675 e. The lowest BCUT2D eigenvalue weighted by molar-refractivity contribution is -0.0535. The first-order valence-electron chi connectivity index (χ1n) is 5.23. The van der Waals surface area contributed by atoms with Gasteiger partial charge in [-0.2, -0.15) is 0 Å². The molecule has 2 atom stereocenters. The van der Waals surface area contributed by atoms with Crippen LogP contribution in [0.15, 0.2) is 0 Å². The zero-order valence-corrected chi connectivity index (χ0v) is 10.6. The van der Waals surface area contributed by atoms with Crippen molar-refractivity contribution in [1.29, 1.82) is 0 Å². The van der Waals surface area contributed by atoms with Crippen molar-refractivity contribution < 1.29 is 4.74 Å². The molecule has 0 spiro atoms. The third kappa shape index (κ3) is 4.46. The van der Waals surface area contributed by atoms with Gasteiger partial charge in [-0.05, 0) is 31.1 Å². The van der Waals surface area contributed by atoms with Crippen LogP contribution in [0.1, 0.15) is 46.5 Å². The Morgan fingerprint density at radius 1 is 1.23 bits per heavy atom. The lowest BCUT2D eigenvalue weighted by atomic mass is 9.86. The van der Waals surface area contributed by atoms with Gasteiger partial charge in [-0.25, -0.2) is 0 Å². The van der Waals surface area contributed by atoms with E-state index < -0.39 is 0 Å². The molecular weight excluding hydrogens is 228 g/mol. The van der Waals surface area contributed by atoms with Crippen LogP contribution in [0, 0.1) is 5.41 Å². The van der Waals surface area contributed by atoms with Crippen molar-refractivity contribution in [2.75, 3.05) is 5.33 Å². The fraction of sp³-hybridized carbons (Fsp3) is 1.00. The van der Waals surface area contributed by atoms with Crippen molar-refractivity contribution >= 4 is 15.9 Å². The maximum absolute atomic E-state index is 5.96. The highest BCUT2D eigenvalue weighted by atomic mass is 79.9. The molecule has 0 aromatic heterocycles. The maximum Gasteiger partial charge on any atom is 0.0675 e. The van der Waals surface area contributed by atoms with Crippen LogP contribution >= 0.6 is 15.9 Å². The van der Waals surface area contributed by atoms with E-state index >= 15 is 0 Å². The molecule has 1 aliphatic rings. The molecule has 0 aliphatic carbocycles. The molecule has 1 heterocycles. The van der Waals surface area contributed by atoms with Gasteiger partial charge >= 0.3 is 0 Å². The van der Waals surface area contributed by atoms with Gasteiger partial charge in [0, 0.05) is 5.33 Å². The Balaban J connectivity index is 2.34. The molecule has 1 aliphatic heterocycles. The van der Waals surface area contributed by atoms with Crippen LogP contribution in [-0.2, 0) is 4.74 Å². The normalized spacial score (nSPS) is 30.5. The van der Waals surface area contributed by atoms with Crippen LogP contribution in [0.3, 0.4) is 0 Å². The van der Waals surface area contributed by atoms with E-state index in [0.29, 0.717) is 17.6 Å². The summed E-state index contributed by atoms with van der Waals surface area (Å²) < 4.78 is 5.96. The second-order valence-corrected chi connectivity index (χ2v) is 5.88. The lowest BCUT2D eigenvalue weighted by Gasteiger charge is -2.33. The largest absolute Gasteiger partial charge is 0.374 e. The molecular formula is C11H21BrO. The number of ether oxygens (including phenoxy) is 1. The Bertz CT molecular complexity index is 151. The number of hydrogen-bond acceptors (Lipinski definition) is 1. The van der Waals surface area contributed by atoms with Crippen molar-refractivity contribution in [3.8, 4) is 0 Å². The van der Waals surface area contributed by atoms with Crippen molar-refractivity contribution in [1.82, 2.24) is 0 Å². The highest BCUT2D eigenvalue weighted by Gasteiger charge is 2.25. The molecule has 0 N–H and O–H groups in total. The SMILES string of the molecule is CC(C)(C)CC1CCCC(CBr)O1. The van der Waals surface area contributed by atoms with Gasteiger partial charge in [0.25, 0.3) is 0 Å². The molecule has 1 rings (SSSR count). The van der Waals surface area contributed by atoms with E-state index in [1.54, 1.807) is 0 Å². The minimum atomic E-state index is 0.402. The van der Waals surface area contributed by atoms with Gasteiger partial charge in [0.2, 0.25) is 0 Å². The summed E-state index contributed by atoms with van der Waals surface area (Å²) in [5.41, 5.74) is 0.402. The molecule has 1 nitrogen and oxygen atoms in total. The fourth-order valence-corrected chi connectivity index (χ4v) is 2.40. The van der Waals surface area contributed by atoms with Crippen LogP contribution in [0.2, 0.25) is 0 Å². The monoisotopic (exact) mass is 248 g/mol. The second kappa shape index (κ2) is 4.79. The summed E-state index contributed by atoms with van der Waals surface area (Å²) in [7, 11) is 0. The van der Waals surface area contributed by atoms with E-state index in [-0.39, 0.29) is 0 Å². The van der Waals surface area contributed by atoms with Crippen molar-refractivity contribution in [3.05, 3.63) is 0 Å². The summed E-state index contributed by atoms with van der Waals surface area (Å²) in [5, 5.41) is 0.994. The first-order chi connectivity index (χ1) is 6.01. The van der Waals surface area contributed by atoms with E-state index in [0.717, 1.165) is 5.33 Å². The van der Waals surface area contributed by atoms with Crippen LogP contribution in [0.5, 0.6) is 0 Å². The Kier molecular flexibility index (Phi) is 4.24. The van der Waals surface area contributed by atoms with Crippen LogP contribution in [0.4, 0.5) is 0 Å². The Morgan fingerprint density at radius 2 is 1.85 bits per heavy atom. The first-order valence-corrected chi connectivity index (χ1v) is 6.35. The predicted octanol–water partition coefficient (Wildman–Crippen LogP) is 3.76. The van der Waals surface area contributed by atoms with Gasteiger partial charge in [0.1, 0.15) is 0 Å². The third-order valence-electron chi connectivity index (χ3n) is 2.45. The summed E-state index contributed by atoms with van der Waals surface area (Å²) in [6.07, 6.45) is 5.96. The third-order valence-corrected chi connectivity index (χ3v) is 3.17. The summed E-state index contributed by atoms with van der Waals surface area (Å²) >= 11 is 3.49. The summed E-state index contributed by atoms with van der Waals surface area (Å²) in [5.74, 6) is 0. The molecule has 0 radical (unpaired) electrons. The average Bonchev–Trinajstić information content (AvgIpc) is 2.01. The number of rotatable bonds is 2. The number of halogens is 1. The Labute approximate surface area is 90.4 Å². The molecule has 0 bridgehead atoms. The van der Waals surface area contributed by atoms with E-state index in [9.17, 15) is 0 Å². The highest BCUT2D eigenvalue weighted by molar-refractivity contribution is 9.09. The quantitative estimate of drug-likeness (QED) is 0.677. The minimum absolute atomic E-state index is 0.402. The molecule has 13 heavy (non-hydrogen) atoms. The first kappa shape index (κ1) is 11.5. The van der Waals surface area contributed by atoms with E-state index in [4.69, 9.17) is 4.74 Å². The highest BCUT2D eigenvalue weighted by Crippen LogP contribution is 2.29. The van der Waals surface area contributed by atoms with Gasteiger partial charge < -0.3 is 4.74 Å². The van der Waals surface area contributed by atoms with Crippen molar-refractivity contribution in [2.45, 2.75) is 58.7 Å². The van der Waals surface area contributed by atoms with Gasteiger partial charge in [-0.1, -0.05) is 36.7 Å². The van der Waals surface area contributed by atoms with Crippen molar-refractivity contribution in [2.24, 2.45) is 5.41 Å². The van der Waals surface area contributed by atoms with Gasteiger partial charge in [-0.3, -0.25) is 0 Å². The average molecular weight is 249 g/mol. The Hall–Kier alpha value is 0.440. The molecule has 0 amide bonds. The molecule has 2 unspecified atom stereocenters. The zero-order chi connectivity index (χ0) is 9.90. The fourth-order valence-electron chi connectivity index (χ4n) is 1.93. The maximum atomic E-state index is 5.96. The number of alkyl halides is 1. The topological polar surface area (TPSA) is 9.23 Å². The molecule has 1 fully saturated rings. The van der Waals surface area contributed by atoms with Gasteiger partial charge in [-0.15, -0.1) is 0 Å². The molecule has 0 aromatic carbocycles. The van der Waals surface area contributed by atoms with Crippen LogP contribution in [-0.4, -0.2) is 17.5 Å². The standard InChI is InChI=1S/C11H21BrO/c1-11(2,3)7-9-5-4-6-10(8-12)13-9/h9-10H,4-8H2,1-3H3. The predicted molar refractivity (Wildman–Crippen MR) is 60.4 cm³/mol.